The molecule has 1 unspecified atom stereocenters. The highest BCUT2D eigenvalue weighted by Gasteiger charge is 2.23. The van der Waals surface area contributed by atoms with E-state index < -0.39 is 5.25 Å². The molecule has 3 rings (SSSR count). The first kappa shape index (κ1) is 23.6. The molecule has 0 fully saturated rings. The molecule has 0 aliphatic rings. The van der Waals surface area contributed by atoms with Crippen LogP contribution >= 0.6 is 11.8 Å². The lowest BCUT2D eigenvalue weighted by atomic mass is 10.1. The molecule has 0 aliphatic carbocycles. The third kappa shape index (κ3) is 6.72. The molecule has 3 aromatic rings. The molecule has 6 nitrogen and oxygen atoms in total. The van der Waals surface area contributed by atoms with E-state index in [-0.39, 0.29) is 11.1 Å². The number of aromatic nitrogens is 1. The van der Waals surface area contributed by atoms with Crippen LogP contribution in [0.4, 0.5) is 0 Å². The van der Waals surface area contributed by atoms with Gasteiger partial charge in [0.15, 0.2) is 5.12 Å². The van der Waals surface area contributed by atoms with E-state index in [1.165, 1.54) is 6.92 Å². The minimum Gasteiger partial charge on any atom is -0.493 e. The van der Waals surface area contributed by atoms with Gasteiger partial charge in [-0.2, -0.15) is 0 Å². The molecule has 2 aromatic carbocycles. The van der Waals surface area contributed by atoms with Gasteiger partial charge < -0.3 is 13.9 Å². The number of aryl methyl sites for hydroxylation is 1. The lowest BCUT2D eigenvalue weighted by molar-refractivity contribution is -0.142. The van der Waals surface area contributed by atoms with E-state index >= 15 is 0 Å². The molecule has 0 saturated carbocycles. The molecule has 0 bridgehead atoms. The SMILES string of the molecule is CCOC(=O)C(Cc1ccc(OCCc2nc(-c3ccccc3)oc2C)cc1)SC(C)=O. The van der Waals surface area contributed by atoms with Gasteiger partial charge in [-0.15, -0.1) is 0 Å². The Morgan fingerprint density at radius 1 is 1.09 bits per heavy atom. The number of thioether (sulfide) groups is 1. The molecule has 1 atom stereocenters. The normalized spacial score (nSPS) is 11.7. The summed E-state index contributed by atoms with van der Waals surface area (Å²) in [6.07, 6.45) is 1.05. The fourth-order valence-electron chi connectivity index (χ4n) is 3.17. The molecule has 32 heavy (non-hydrogen) atoms. The zero-order chi connectivity index (χ0) is 22.9. The standard InChI is InChI=1S/C25H27NO5S/c1-4-29-25(28)23(32-18(3)27)16-19-10-12-21(13-11-19)30-15-14-22-17(2)31-24(26-22)20-8-6-5-7-9-20/h5-13,23H,4,14-16H2,1-3H3. The molecule has 7 heteroatoms. The zero-order valence-corrected chi connectivity index (χ0v) is 19.3. The quantitative estimate of drug-likeness (QED) is 0.399. The van der Waals surface area contributed by atoms with Gasteiger partial charge in [-0.25, -0.2) is 4.98 Å². The summed E-state index contributed by atoms with van der Waals surface area (Å²) in [5.41, 5.74) is 2.76. The number of benzene rings is 2. The smallest absolute Gasteiger partial charge is 0.319 e. The summed E-state index contributed by atoms with van der Waals surface area (Å²) in [6.45, 7) is 5.86. The van der Waals surface area contributed by atoms with Gasteiger partial charge in [0, 0.05) is 18.9 Å². The number of hydrogen-bond acceptors (Lipinski definition) is 7. The molecule has 168 valence electrons. The fourth-order valence-corrected chi connectivity index (χ4v) is 4.01. The molecule has 0 saturated heterocycles. The number of carbonyl (C=O) groups excluding carboxylic acids is 2. The Kier molecular flexibility index (Phi) is 8.50. The first-order valence-corrected chi connectivity index (χ1v) is 11.4. The molecule has 0 aliphatic heterocycles. The Morgan fingerprint density at radius 3 is 2.47 bits per heavy atom. The van der Waals surface area contributed by atoms with Crippen molar-refractivity contribution in [3.8, 4) is 17.2 Å². The number of ether oxygens (including phenoxy) is 2. The van der Waals surface area contributed by atoms with E-state index in [1.807, 2.05) is 61.5 Å². The van der Waals surface area contributed by atoms with E-state index in [2.05, 4.69) is 4.98 Å². The van der Waals surface area contributed by atoms with Crippen LogP contribution in [-0.2, 0) is 27.2 Å². The molecule has 1 aromatic heterocycles. The highest BCUT2D eigenvalue weighted by atomic mass is 32.2. The Hall–Kier alpha value is -3.06. The van der Waals surface area contributed by atoms with Crippen molar-refractivity contribution in [2.24, 2.45) is 0 Å². The largest absolute Gasteiger partial charge is 0.493 e. The van der Waals surface area contributed by atoms with Gasteiger partial charge >= 0.3 is 5.97 Å². The van der Waals surface area contributed by atoms with Crippen molar-refractivity contribution >= 4 is 22.8 Å². The van der Waals surface area contributed by atoms with E-state index in [4.69, 9.17) is 13.9 Å². The maximum absolute atomic E-state index is 12.1. The Morgan fingerprint density at radius 2 is 1.81 bits per heavy atom. The zero-order valence-electron chi connectivity index (χ0n) is 18.5. The van der Waals surface area contributed by atoms with E-state index in [9.17, 15) is 9.59 Å². The summed E-state index contributed by atoms with van der Waals surface area (Å²) in [4.78, 5) is 28.2. The van der Waals surface area contributed by atoms with Crippen LogP contribution in [0, 0.1) is 6.92 Å². The summed E-state index contributed by atoms with van der Waals surface area (Å²) >= 11 is 0.999. The third-order valence-corrected chi connectivity index (χ3v) is 5.70. The fraction of sp³-hybridized carbons (Fsp3) is 0.320. The van der Waals surface area contributed by atoms with Crippen LogP contribution < -0.4 is 4.74 Å². The van der Waals surface area contributed by atoms with Crippen molar-refractivity contribution in [3.63, 3.8) is 0 Å². The average Bonchev–Trinajstić information content (AvgIpc) is 3.15. The van der Waals surface area contributed by atoms with Crippen LogP contribution in [-0.4, -0.2) is 34.5 Å². The van der Waals surface area contributed by atoms with Gasteiger partial charge in [-0.05, 0) is 50.1 Å². The van der Waals surface area contributed by atoms with Crippen molar-refractivity contribution in [1.82, 2.24) is 4.98 Å². The van der Waals surface area contributed by atoms with Crippen LogP contribution in [0.15, 0.2) is 59.0 Å². The number of carbonyl (C=O) groups is 2. The molecular formula is C25H27NO5S. The number of nitrogens with zero attached hydrogens (tertiary/aromatic N) is 1. The Labute approximate surface area is 192 Å². The molecule has 0 N–H and O–H groups in total. The predicted molar refractivity (Wildman–Crippen MR) is 125 cm³/mol. The Balaban J connectivity index is 1.54. The van der Waals surface area contributed by atoms with Crippen molar-refractivity contribution in [2.45, 2.75) is 38.9 Å². The van der Waals surface area contributed by atoms with Crippen LogP contribution in [0.25, 0.3) is 11.5 Å². The second kappa shape index (κ2) is 11.5. The Bertz CT molecular complexity index is 1030. The van der Waals surface area contributed by atoms with Crippen molar-refractivity contribution < 1.29 is 23.5 Å². The van der Waals surface area contributed by atoms with E-state index in [0.29, 0.717) is 31.9 Å². The van der Waals surface area contributed by atoms with Crippen LogP contribution in [0.2, 0.25) is 0 Å². The molecule has 1 heterocycles. The minimum atomic E-state index is -0.548. The lowest BCUT2D eigenvalue weighted by Crippen LogP contribution is -2.24. The number of esters is 1. The summed E-state index contributed by atoms with van der Waals surface area (Å²) in [5, 5.41) is -0.658. The summed E-state index contributed by atoms with van der Waals surface area (Å²) in [6, 6.07) is 17.3. The first-order valence-electron chi connectivity index (χ1n) is 10.5. The van der Waals surface area contributed by atoms with Gasteiger partial charge in [-0.1, -0.05) is 42.1 Å². The van der Waals surface area contributed by atoms with Gasteiger partial charge in [0.05, 0.1) is 18.9 Å². The highest BCUT2D eigenvalue weighted by molar-refractivity contribution is 8.14. The number of rotatable bonds is 10. The van der Waals surface area contributed by atoms with Gasteiger partial charge in [0.25, 0.3) is 0 Å². The third-order valence-electron chi connectivity index (χ3n) is 4.72. The van der Waals surface area contributed by atoms with Crippen molar-refractivity contribution in [1.29, 1.82) is 0 Å². The van der Waals surface area contributed by atoms with Crippen LogP contribution in [0.5, 0.6) is 5.75 Å². The number of oxazole rings is 1. The molecule has 0 spiro atoms. The van der Waals surface area contributed by atoms with Crippen LogP contribution in [0.1, 0.15) is 30.9 Å². The van der Waals surface area contributed by atoms with E-state index in [1.54, 1.807) is 6.92 Å². The second-order valence-electron chi connectivity index (χ2n) is 7.18. The average molecular weight is 454 g/mol. The molecular weight excluding hydrogens is 426 g/mol. The van der Waals surface area contributed by atoms with Gasteiger partial charge in [-0.3, -0.25) is 9.59 Å². The monoisotopic (exact) mass is 453 g/mol. The minimum absolute atomic E-state index is 0.110. The molecule has 0 amide bonds. The highest BCUT2D eigenvalue weighted by Crippen LogP contribution is 2.23. The predicted octanol–water partition coefficient (Wildman–Crippen LogP) is 5.03. The van der Waals surface area contributed by atoms with E-state index in [0.717, 1.165) is 40.1 Å². The second-order valence-corrected chi connectivity index (χ2v) is 8.56. The first-order chi connectivity index (χ1) is 15.5. The lowest BCUT2D eigenvalue weighted by Gasteiger charge is -2.14. The number of hydrogen-bond donors (Lipinski definition) is 0. The topological polar surface area (TPSA) is 78.6 Å². The maximum Gasteiger partial charge on any atom is 0.319 e. The van der Waals surface area contributed by atoms with Crippen molar-refractivity contribution in [3.05, 3.63) is 71.6 Å². The summed E-state index contributed by atoms with van der Waals surface area (Å²) in [7, 11) is 0. The maximum atomic E-state index is 12.1. The van der Waals surface area contributed by atoms with Gasteiger partial charge in [0.1, 0.15) is 16.8 Å². The van der Waals surface area contributed by atoms with Crippen LogP contribution in [0.3, 0.4) is 0 Å². The van der Waals surface area contributed by atoms with Gasteiger partial charge in [0.2, 0.25) is 5.89 Å². The molecule has 0 radical (unpaired) electrons. The summed E-state index contributed by atoms with van der Waals surface area (Å²) in [5.74, 6) is 1.76. The van der Waals surface area contributed by atoms with Crippen molar-refractivity contribution in [2.75, 3.05) is 13.2 Å². The summed E-state index contributed by atoms with van der Waals surface area (Å²) < 4.78 is 16.7.